The molecule has 0 spiro atoms. The second-order valence-corrected chi connectivity index (χ2v) is 7.37. The summed E-state index contributed by atoms with van der Waals surface area (Å²) in [5, 5.41) is 0. The Morgan fingerprint density at radius 3 is 2.48 bits per heavy atom. The van der Waals surface area contributed by atoms with Gasteiger partial charge in [-0.2, -0.15) is 0 Å². The van der Waals surface area contributed by atoms with Gasteiger partial charge in [-0.25, -0.2) is 4.98 Å². The molecule has 2 fully saturated rings. The Kier molecular flexibility index (Phi) is 4.42. The lowest BCUT2D eigenvalue weighted by atomic mass is 9.78. The van der Waals surface area contributed by atoms with Gasteiger partial charge in [-0.15, -0.1) is 0 Å². The van der Waals surface area contributed by atoms with Crippen molar-refractivity contribution in [3.05, 3.63) is 17.8 Å². The molecule has 2 saturated heterocycles. The van der Waals surface area contributed by atoms with Gasteiger partial charge in [0.2, 0.25) is 5.88 Å². The average molecular weight is 319 g/mol. The third-order valence-corrected chi connectivity index (χ3v) is 5.22. The molecule has 0 bridgehead atoms. The Bertz CT molecular complexity index is 554. The van der Waals surface area contributed by atoms with Gasteiger partial charge >= 0.3 is 7.12 Å². The van der Waals surface area contributed by atoms with E-state index in [1.807, 2.05) is 0 Å². The van der Waals surface area contributed by atoms with Gasteiger partial charge in [0.15, 0.2) is 0 Å². The zero-order chi connectivity index (χ0) is 16.7. The molecule has 0 aliphatic carbocycles. The predicted octanol–water partition coefficient (Wildman–Crippen LogP) is 2.28. The van der Waals surface area contributed by atoms with E-state index >= 15 is 0 Å². The number of aromatic nitrogens is 1. The molecule has 2 aliphatic heterocycles. The molecule has 1 aromatic rings. The van der Waals surface area contributed by atoms with E-state index in [4.69, 9.17) is 18.8 Å². The summed E-state index contributed by atoms with van der Waals surface area (Å²) in [6, 6.07) is 2.10. The first-order chi connectivity index (χ1) is 10.8. The molecule has 6 heteroatoms. The van der Waals surface area contributed by atoms with E-state index < -0.39 is 7.12 Å². The van der Waals surface area contributed by atoms with Gasteiger partial charge in [-0.3, -0.25) is 0 Å². The third-order valence-electron chi connectivity index (χ3n) is 5.22. The van der Waals surface area contributed by atoms with Gasteiger partial charge in [0.05, 0.1) is 24.9 Å². The van der Waals surface area contributed by atoms with Crippen LogP contribution in [0.25, 0.3) is 0 Å². The lowest BCUT2D eigenvalue weighted by Crippen LogP contribution is -2.41. The number of pyridine rings is 1. The summed E-state index contributed by atoms with van der Waals surface area (Å²) in [6.07, 6.45) is 3.94. The van der Waals surface area contributed by atoms with Gasteiger partial charge in [-0.05, 0) is 40.5 Å². The van der Waals surface area contributed by atoms with E-state index in [1.54, 1.807) is 13.3 Å². The first-order valence-electron chi connectivity index (χ1n) is 8.31. The van der Waals surface area contributed by atoms with Crippen molar-refractivity contribution in [2.75, 3.05) is 20.3 Å². The lowest BCUT2D eigenvalue weighted by molar-refractivity contribution is 0.00578. The maximum atomic E-state index is 6.13. The van der Waals surface area contributed by atoms with Crippen LogP contribution in [0.2, 0.25) is 0 Å². The van der Waals surface area contributed by atoms with Gasteiger partial charge in [0.1, 0.15) is 0 Å². The van der Waals surface area contributed by atoms with Crippen LogP contribution in [-0.2, 0) is 14.0 Å². The Balaban J connectivity index is 1.89. The van der Waals surface area contributed by atoms with Gasteiger partial charge < -0.3 is 18.8 Å². The van der Waals surface area contributed by atoms with Crippen LogP contribution in [0.4, 0.5) is 0 Å². The number of nitrogens with zero attached hydrogens (tertiary/aromatic N) is 1. The van der Waals surface area contributed by atoms with Crippen LogP contribution in [0.1, 0.15) is 52.0 Å². The van der Waals surface area contributed by atoms with Crippen LogP contribution < -0.4 is 10.2 Å². The average Bonchev–Trinajstić information content (AvgIpc) is 2.75. The Morgan fingerprint density at radius 1 is 1.22 bits per heavy atom. The summed E-state index contributed by atoms with van der Waals surface area (Å²) in [6.45, 7) is 9.77. The van der Waals surface area contributed by atoms with Gasteiger partial charge in [0.25, 0.3) is 0 Å². The fraction of sp³-hybridized carbons (Fsp3) is 0.706. The van der Waals surface area contributed by atoms with E-state index in [2.05, 4.69) is 38.7 Å². The summed E-state index contributed by atoms with van der Waals surface area (Å²) in [4.78, 5) is 4.47. The minimum absolute atomic E-state index is 0.313. The first kappa shape index (κ1) is 16.7. The summed E-state index contributed by atoms with van der Waals surface area (Å²) >= 11 is 0. The second-order valence-electron chi connectivity index (χ2n) is 7.37. The molecule has 3 heterocycles. The smallest absolute Gasteiger partial charge is 0.481 e. The van der Waals surface area contributed by atoms with Crippen molar-refractivity contribution in [1.82, 2.24) is 4.98 Å². The summed E-state index contributed by atoms with van der Waals surface area (Å²) in [5.41, 5.74) is 1.31. The minimum Gasteiger partial charge on any atom is -0.481 e. The van der Waals surface area contributed by atoms with Crippen LogP contribution in [0, 0.1) is 0 Å². The van der Waals surface area contributed by atoms with Crippen molar-refractivity contribution in [1.29, 1.82) is 0 Å². The van der Waals surface area contributed by atoms with Crippen LogP contribution in [0.3, 0.4) is 0 Å². The van der Waals surface area contributed by atoms with Gasteiger partial charge in [-0.1, -0.05) is 6.07 Å². The summed E-state index contributed by atoms with van der Waals surface area (Å²) in [5.74, 6) is 0.981. The molecule has 0 radical (unpaired) electrons. The highest BCUT2D eigenvalue weighted by atomic mass is 16.7. The third kappa shape index (κ3) is 3.12. The van der Waals surface area contributed by atoms with Crippen LogP contribution in [0.5, 0.6) is 5.88 Å². The van der Waals surface area contributed by atoms with Crippen molar-refractivity contribution in [3.8, 4) is 5.88 Å². The number of rotatable bonds is 3. The van der Waals surface area contributed by atoms with Crippen molar-refractivity contribution in [2.45, 2.75) is 57.7 Å². The van der Waals surface area contributed by atoms with Crippen LogP contribution >= 0.6 is 0 Å². The molecular formula is C17H26BNO4. The van der Waals surface area contributed by atoms with Crippen molar-refractivity contribution in [2.24, 2.45) is 0 Å². The number of methoxy groups -OCH3 is 1. The number of hydrogen-bond acceptors (Lipinski definition) is 5. The number of ether oxygens (including phenoxy) is 2. The quantitative estimate of drug-likeness (QED) is 0.800. The summed E-state index contributed by atoms with van der Waals surface area (Å²) in [7, 11) is 1.26. The molecule has 0 saturated carbocycles. The van der Waals surface area contributed by atoms with E-state index in [1.165, 1.54) is 0 Å². The van der Waals surface area contributed by atoms with Crippen molar-refractivity contribution < 1.29 is 18.8 Å². The fourth-order valence-corrected chi connectivity index (χ4v) is 3.04. The lowest BCUT2D eigenvalue weighted by Gasteiger charge is -2.32. The molecule has 0 aromatic carbocycles. The molecule has 2 aliphatic rings. The zero-order valence-corrected chi connectivity index (χ0v) is 14.7. The monoisotopic (exact) mass is 319 g/mol. The molecule has 5 nitrogen and oxygen atoms in total. The van der Waals surface area contributed by atoms with E-state index in [9.17, 15) is 0 Å². The normalized spacial score (nSPS) is 26.3. The minimum atomic E-state index is -0.401. The molecule has 3 rings (SSSR count). The first-order valence-corrected chi connectivity index (χ1v) is 8.31. The molecule has 0 N–H and O–H groups in total. The number of hydrogen-bond donors (Lipinski definition) is 0. The van der Waals surface area contributed by atoms with Crippen LogP contribution in [0.15, 0.2) is 12.3 Å². The SMILES string of the molecule is COc1ncc(B2OC(C)(C)C(C)(C)O2)cc1C1CCCOC1. The maximum Gasteiger partial charge on any atom is 0.496 e. The fourth-order valence-electron chi connectivity index (χ4n) is 3.04. The Morgan fingerprint density at radius 2 is 1.91 bits per heavy atom. The highest BCUT2D eigenvalue weighted by Gasteiger charge is 2.52. The van der Waals surface area contributed by atoms with E-state index in [-0.39, 0.29) is 11.2 Å². The van der Waals surface area contributed by atoms with E-state index in [0.717, 1.165) is 30.5 Å². The molecule has 1 atom stereocenters. The topological polar surface area (TPSA) is 49.8 Å². The standard InChI is InChI=1S/C17H26BNO4/c1-16(2)17(3,4)23-18(22-16)13-9-14(15(20-5)19-10-13)12-7-6-8-21-11-12/h9-10,12H,6-8,11H2,1-5H3. The predicted molar refractivity (Wildman–Crippen MR) is 89.3 cm³/mol. The summed E-state index contributed by atoms with van der Waals surface area (Å²) < 4.78 is 23.3. The molecular weight excluding hydrogens is 293 g/mol. The maximum absolute atomic E-state index is 6.13. The molecule has 23 heavy (non-hydrogen) atoms. The van der Waals surface area contributed by atoms with Gasteiger partial charge in [0, 0.05) is 29.7 Å². The molecule has 126 valence electrons. The van der Waals surface area contributed by atoms with Crippen LogP contribution in [-0.4, -0.2) is 43.6 Å². The highest BCUT2D eigenvalue weighted by Crippen LogP contribution is 2.37. The highest BCUT2D eigenvalue weighted by molar-refractivity contribution is 6.62. The molecule has 1 unspecified atom stereocenters. The molecule has 0 amide bonds. The Hall–Kier alpha value is -1.11. The second kappa shape index (κ2) is 6.08. The van der Waals surface area contributed by atoms with E-state index in [0.29, 0.717) is 18.4 Å². The van der Waals surface area contributed by atoms with Crippen molar-refractivity contribution in [3.63, 3.8) is 0 Å². The largest absolute Gasteiger partial charge is 0.496 e. The molecule has 1 aromatic heterocycles. The zero-order valence-electron chi connectivity index (χ0n) is 14.7. The Labute approximate surface area is 138 Å². The van der Waals surface area contributed by atoms with Crippen molar-refractivity contribution >= 4 is 12.6 Å².